The summed E-state index contributed by atoms with van der Waals surface area (Å²) in [6.07, 6.45) is 1.35. The Kier molecular flexibility index (Phi) is 5.94. The van der Waals surface area contributed by atoms with Crippen molar-refractivity contribution in [3.63, 3.8) is 0 Å². The number of rotatable bonds is 7. The topological polar surface area (TPSA) is 110 Å². The van der Waals surface area contributed by atoms with E-state index in [2.05, 4.69) is 10.5 Å². The Morgan fingerprint density at radius 2 is 1.72 bits per heavy atom. The van der Waals surface area contributed by atoms with Crippen LogP contribution in [0.3, 0.4) is 0 Å². The number of hydrogen-bond acceptors (Lipinski definition) is 6. The van der Waals surface area contributed by atoms with E-state index >= 15 is 0 Å². The first kappa shape index (κ1) is 19.7. The number of furan rings is 1. The Balaban J connectivity index is 1.69. The summed E-state index contributed by atoms with van der Waals surface area (Å²) in [6.45, 7) is 0. The van der Waals surface area contributed by atoms with Crippen molar-refractivity contribution in [1.82, 2.24) is 5.43 Å². The summed E-state index contributed by atoms with van der Waals surface area (Å²) >= 11 is 0. The highest BCUT2D eigenvalue weighted by Crippen LogP contribution is 2.23. The zero-order valence-corrected chi connectivity index (χ0v) is 15.7. The number of methoxy groups -OCH3 is 2. The van der Waals surface area contributed by atoms with Crippen molar-refractivity contribution in [2.24, 2.45) is 5.10 Å². The number of hydrogen-bond donors (Lipinski definition) is 2. The Bertz CT molecular complexity index is 1050. The van der Waals surface area contributed by atoms with E-state index < -0.39 is 11.9 Å². The first-order valence-corrected chi connectivity index (χ1v) is 8.50. The zero-order valence-electron chi connectivity index (χ0n) is 15.7. The van der Waals surface area contributed by atoms with Crippen molar-refractivity contribution in [3.8, 4) is 22.8 Å². The van der Waals surface area contributed by atoms with Gasteiger partial charge in [-0.25, -0.2) is 10.2 Å². The zero-order chi connectivity index (χ0) is 20.8. The maximum absolute atomic E-state index is 12.3. The van der Waals surface area contributed by atoms with Crippen LogP contribution in [-0.4, -0.2) is 37.4 Å². The largest absolute Gasteiger partial charge is 0.497 e. The lowest BCUT2D eigenvalue weighted by atomic mass is 10.1. The van der Waals surface area contributed by atoms with Crippen molar-refractivity contribution in [3.05, 3.63) is 71.5 Å². The molecule has 0 aliphatic rings. The SMILES string of the molecule is COc1cc(OC)cc(C(=O)NN=Cc2ccc(-c3cccc(C(=O)O)c3)o2)c1. The van der Waals surface area contributed by atoms with E-state index in [1.165, 1.54) is 32.6 Å². The molecular weight excluding hydrogens is 376 g/mol. The molecule has 0 aliphatic carbocycles. The van der Waals surface area contributed by atoms with Gasteiger partial charge in [-0.3, -0.25) is 4.79 Å². The number of carboxylic acids is 1. The summed E-state index contributed by atoms with van der Waals surface area (Å²) in [5.41, 5.74) is 3.51. The van der Waals surface area contributed by atoms with Gasteiger partial charge in [0.05, 0.1) is 26.0 Å². The quantitative estimate of drug-likeness (QED) is 0.469. The van der Waals surface area contributed by atoms with Crippen LogP contribution in [0.25, 0.3) is 11.3 Å². The Hall–Kier alpha value is -4.07. The minimum Gasteiger partial charge on any atom is -0.497 e. The molecule has 0 fully saturated rings. The van der Waals surface area contributed by atoms with Gasteiger partial charge in [0, 0.05) is 17.2 Å². The number of hydrazone groups is 1. The molecule has 1 aromatic heterocycles. The summed E-state index contributed by atoms with van der Waals surface area (Å²) in [6, 6.07) is 14.5. The molecule has 2 aromatic carbocycles. The second kappa shape index (κ2) is 8.75. The van der Waals surface area contributed by atoms with Gasteiger partial charge in [-0.15, -0.1) is 0 Å². The number of amides is 1. The highest BCUT2D eigenvalue weighted by atomic mass is 16.5. The molecule has 2 N–H and O–H groups in total. The molecule has 3 rings (SSSR count). The van der Waals surface area contributed by atoms with Crippen LogP contribution >= 0.6 is 0 Å². The molecule has 0 saturated carbocycles. The van der Waals surface area contributed by atoms with E-state index in [9.17, 15) is 9.59 Å². The normalized spacial score (nSPS) is 10.7. The van der Waals surface area contributed by atoms with Gasteiger partial charge in [0.1, 0.15) is 23.0 Å². The maximum Gasteiger partial charge on any atom is 0.335 e. The molecule has 0 bridgehead atoms. The highest BCUT2D eigenvalue weighted by Gasteiger charge is 2.10. The molecule has 1 amide bonds. The first-order valence-electron chi connectivity index (χ1n) is 8.50. The van der Waals surface area contributed by atoms with Crippen LogP contribution in [0.4, 0.5) is 0 Å². The van der Waals surface area contributed by atoms with Crippen molar-refractivity contribution in [2.75, 3.05) is 14.2 Å². The van der Waals surface area contributed by atoms with Crippen LogP contribution in [0.1, 0.15) is 26.5 Å². The van der Waals surface area contributed by atoms with Crippen LogP contribution < -0.4 is 14.9 Å². The standard InChI is InChI=1S/C21H18N2O6/c1-27-17-9-15(10-18(11-17)28-2)20(24)23-22-12-16-6-7-19(29-16)13-4-3-5-14(8-13)21(25)26/h3-12H,1-2H3,(H,23,24)(H,25,26). The molecule has 8 heteroatoms. The summed E-state index contributed by atoms with van der Waals surface area (Å²) in [4.78, 5) is 23.4. The van der Waals surface area contributed by atoms with Gasteiger partial charge < -0.3 is 19.0 Å². The number of nitrogens with one attached hydrogen (secondary N) is 1. The van der Waals surface area contributed by atoms with Gasteiger partial charge in [-0.1, -0.05) is 12.1 Å². The van der Waals surface area contributed by atoms with Gasteiger partial charge in [-0.2, -0.15) is 5.10 Å². The molecular formula is C21H18N2O6. The van der Waals surface area contributed by atoms with Crippen LogP contribution in [-0.2, 0) is 0 Å². The predicted molar refractivity (Wildman–Crippen MR) is 106 cm³/mol. The average molecular weight is 394 g/mol. The van der Waals surface area contributed by atoms with E-state index in [1.807, 2.05) is 0 Å². The molecule has 148 valence electrons. The lowest BCUT2D eigenvalue weighted by molar-refractivity contribution is 0.0696. The van der Waals surface area contributed by atoms with E-state index in [4.69, 9.17) is 19.0 Å². The summed E-state index contributed by atoms with van der Waals surface area (Å²) in [7, 11) is 2.99. The fraction of sp³-hybridized carbons (Fsp3) is 0.0952. The molecule has 0 saturated heterocycles. The van der Waals surface area contributed by atoms with Crippen LogP contribution in [0.2, 0.25) is 0 Å². The number of nitrogens with zero attached hydrogens (tertiary/aromatic N) is 1. The number of ether oxygens (including phenoxy) is 2. The van der Waals surface area contributed by atoms with Gasteiger partial charge in [0.2, 0.25) is 0 Å². The summed E-state index contributed by atoms with van der Waals surface area (Å²) in [5, 5.41) is 13.0. The Morgan fingerprint density at radius 3 is 2.38 bits per heavy atom. The fourth-order valence-corrected chi connectivity index (χ4v) is 2.54. The minimum atomic E-state index is -1.02. The second-order valence-electron chi connectivity index (χ2n) is 5.89. The number of carbonyl (C=O) groups excluding carboxylic acids is 1. The molecule has 29 heavy (non-hydrogen) atoms. The minimum absolute atomic E-state index is 0.162. The van der Waals surface area contributed by atoms with E-state index in [1.54, 1.807) is 42.5 Å². The maximum atomic E-state index is 12.3. The van der Waals surface area contributed by atoms with Gasteiger partial charge in [-0.05, 0) is 36.4 Å². The molecule has 0 atom stereocenters. The Morgan fingerprint density at radius 1 is 1.00 bits per heavy atom. The van der Waals surface area contributed by atoms with Gasteiger partial charge in [0.15, 0.2) is 0 Å². The monoisotopic (exact) mass is 394 g/mol. The molecule has 1 heterocycles. The summed E-state index contributed by atoms with van der Waals surface area (Å²) in [5.74, 6) is 0.384. The van der Waals surface area contributed by atoms with E-state index in [-0.39, 0.29) is 5.56 Å². The second-order valence-corrected chi connectivity index (χ2v) is 5.89. The van der Waals surface area contributed by atoms with E-state index in [0.29, 0.717) is 34.1 Å². The van der Waals surface area contributed by atoms with Crippen molar-refractivity contribution >= 4 is 18.1 Å². The lowest BCUT2D eigenvalue weighted by Gasteiger charge is -2.07. The smallest absolute Gasteiger partial charge is 0.335 e. The molecule has 8 nitrogen and oxygen atoms in total. The third kappa shape index (κ3) is 4.81. The molecule has 0 aliphatic heterocycles. The summed E-state index contributed by atoms with van der Waals surface area (Å²) < 4.78 is 15.9. The molecule has 0 radical (unpaired) electrons. The molecule has 3 aromatic rings. The highest BCUT2D eigenvalue weighted by molar-refractivity contribution is 5.95. The Labute approximate surface area is 166 Å². The van der Waals surface area contributed by atoms with E-state index in [0.717, 1.165) is 0 Å². The average Bonchev–Trinajstić information content (AvgIpc) is 3.22. The van der Waals surface area contributed by atoms with Gasteiger partial charge in [0.25, 0.3) is 5.91 Å². The fourth-order valence-electron chi connectivity index (χ4n) is 2.54. The third-order valence-corrected chi connectivity index (χ3v) is 3.99. The van der Waals surface area contributed by atoms with Crippen molar-refractivity contribution < 1.29 is 28.6 Å². The number of carbonyl (C=O) groups is 2. The lowest BCUT2D eigenvalue weighted by Crippen LogP contribution is -2.17. The predicted octanol–water partition coefficient (Wildman–Crippen LogP) is 3.43. The molecule has 0 spiro atoms. The van der Waals surface area contributed by atoms with Crippen LogP contribution in [0.5, 0.6) is 11.5 Å². The van der Waals surface area contributed by atoms with Crippen molar-refractivity contribution in [1.29, 1.82) is 0 Å². The number of carboxylic acid groups (broad SMARTS) is 1. The number of benzene rings is 2. The van der Waals surface area contributed by atoms with Gasteiger partial charge >= 0.3 is 5.97 Å². The van der Waals surface area contributed by atoms with Crippen LogP contribution in [0.15, 0.2) is 64.1 Å². The molecule has 0 unspecified atom stereocenters. The third-order valence-electron chi connectivity index (χ3n) is 3.99. The number of aromatic carboxylic acids is 1. The van der Waals surface area contributed by atoms with Crippen LogP contribution in [0, 0.1) is 0 Å². The first-order chi connectivity index (χ1) is 14.0. The van der Waals surface area contributed by atoms with Crippen molar-refractivity contribution in [2.45, 2.75) is 0 Å².